The number of hydrogen-bond donors (Lipinski definition) is 3. The van der Waals surface area contributed by atoms with Crippen molar-refractivity contribution in [2.45, 2.75) is 62.7 Å². The van der Waals surface area contributed by atoms with E-state index in [2.05, 4.69) is 31.3 Å². The minimum Gasteiger partial charge on any atom is -0.432 e. The van der Waals surface area contributed by atoms with Gasteiger partial charge in [-0.25, -0.2) is 4.68 Å². The van der Waals surface area contributed by atoms with Gasteiger partial charge in [-0.15, -0.1) is 5.10 Å². The zero-order valence-corrected chi connectivity index (χ0v) is 32.3. The van der Waals surface area contributed by atoms with Gasteiger partial charge in [0.2, 0.25) is 0 Å². The molecule has 1 amide bonds. The van der Waals surface area contributed by atoms with E-state index in [1.165, 1.54) is 4.68 Å². The van der Waals surface area contributed by atoms with E-state index in [-0.39, 0.29) is 42.0 Å². The first-order valence-electron chi connectivity index (χ1n) is 17.9. The number of halogens is 1. The number of rotatable bonds is 10. The number of fused-ring (bicyclic) bond motifs is 3. The van der Waals surface area contributed by atoms with Crippen molar-refractivity contribution in [3.63, 3.8) is 0 Å². The van der Waals surface area contributed by atoms with Crippen LogP contribution >= 0.6 is 15.9 Å². The summed E-state index contributed by atoms with van der Waals surface area (Å²) in [6.07, 6.45) is 1.93. The minimum absolute atomic E-state index is 0.0970. The largest absolute Gasteiger partial charge is 0.432 e. The monoisotopic (exact) mass is 792 g/mol. The molecule has 1 spiro atoms. The van der Waals surface area contributed by atoms with Gasteiger partial charge in [-0.3, -0.25) is 19.4 Å². The van der Waals surface area contributed by atoms with Crippen LogP contribution in [0, 0.1) is 5.92 Å². The maximum Gasteiger partial charge on any atom is 0.279 e. The van der Waals surface area contributed by atoms with Crippen LogP contribution in [-0.4, -0.2) is 61.6 Å². The normalized spacial score (nSPS) is 21.9. The minimum atomic E-state index is -2.89. The second-order valence-electron chi connectivity index (χ2n) is 14.7. The molecule has 6 aromatic rings. The summed E-state index contributed by atoms with van der Waals surface area (Å²) >= 11 is 3.65. The maximum absolute atomic E-state index is 15.0. The molecule has 4 aromatic carbocycles. The number of anilines is 1. The molecule has 5 atom stereocenters. The lowest BCUT2D eigenvalue weighted by molar-refractivity contribution is -0.146. The third-order valence-corrected chi connectivity index (χ3v) is 14.0. The Morgan fingerprint density at radius 3 is 2.53 bits per heavy atom. The topological polar surface area (TPSA) is 138 Å². The average molecular weight is 794 g/mol. The van der Waals surface area contributed by atoms with Crippen molar-refractivity contribution in [1.29, 1.82) is 0 Å². The summed E-state index contributed by atoms with van der Waals surface area (Å²) in [4.78, 5) is 41.8. The van der Waals surface area contributed by atoms with Crippen molar-refractivity contribution in [2.24, 2.45) is 5.92 Å². The Morgan fingerprint density at radius 1 is 1.00 bits per heavy atom. The van der Waals surface area contributed by atoms with E-state index in [0.29, 0.717) is 29.7 Å². The third kappa shape index (κ3) is 6.10. The van der Waals surface area contributed by atoms with Gasteiger partial charge < -0.3 is 19.5 Å². The quantitative estimate of drug-likeness (QED) is 0.140. The highest BCUT2D eigenvalue weighted by molar-refractivity contribution is 9.10. The maximum atomic E-state index is 15.0. The standard InChI is InChI=1S/C40H41BrN6O5Si/c1-25-37(53(2,3)51)36(18-19-45-23-34(42-44-45)31(24-48)27-11-5-4-6-12-27)52-40(25)32-21-28(41)16-17-35(32)46(39(40)50)22-26-10-9-13-29(20-26)47-38(49)30-14-7-8-15-33(30)43-47/h4-17,20-21,23,25,31,36-37,43,48,51H,18-19,22,24H2,1-3H3/t25-,31?,36+,37-,40+/m0/s1. The zero-order valence-electron chi connectivity index (χ0n) is 29.7. The van der Waals surface area contributed by atoms with Gasteiger partial charge in [0, 0.05) is 34.2 Å². The first kappa shape index (κ1) is 35.4. The van der Waals surface area contributed by atoms with Crippen LogP contribution in [0.1, 0.15) is 41.6 Å². The number of aliphatic hydroxyl groups is 1. The molecule has 53 heavy (non-hydrogen) atoms. The van der Waals surface area contributed by atoms with Crippen molar-refractivity contribution < 1.29 is 19.4 Å². The van der Waals surface area contributed by atoms with Crippen molar-refractivity contribution in [1.82, 2.24) is 24.8 Å². The van der Waals surface area contributed by atoms with Crippen molar-refractivity contribution in [2.75, 3.05) is 11.5 Å². The van der Waals surface area contributed by atoms with E-state index in [0.717, 1.165) is 32.4 Å². The number of benzene rings is 4. The summed E-state index contributed by atoms with van der Waals surface area (Å²) in [5.74, 6) is -0.800. The van der Waals surface area contributed by atoms with Crippen molar-refractivity contribution >= 4 is 46.7 Å². The highest BCUT2D eigenvalue weighted by Gasteiger charge is 2.66. The van der Waals surface area contributed by atoms with Gasteiger partial charge in [0.25, 0.3) is 11.5 Å². The second kappa shape index (κ2) is 13.6. The number of aromatic amines is 1. The Hall–Kier alpha value is -4.66. The molecule has 13 heteroatoms. The van der Waals surface area contributed by atoms with Crippen LogP contribution in [0.2, 0.25) is 18.6 Å². The number of ether oxygens (including phenoxy) is 1. The predicted molar refractivity (Wildman–Crippen MR) is 208 cm³/mol. The Bertz CT molecular complexity index is 2370. The summed E-state index contributed by atoms with van der Waals surface area (Å²) < 4.78 is 11.2. The summed E-state index contributed by atoms with van der Waals surface area (Å²) in [5.41, 5.74) is 3.71. The Morgan fingerprint density at radius 2 is 1.77 bits per heavy atom. The van der Waals surface area contributed by atoms with E-state index < -0.39 is 20.0 Å². The van der Waals surface area contributed by atoms with Gasteiger partial charge in [0.1, 0.15) is 0 Å². The summed E-state index contributed by atoms with van der Waals surface area (Å²) in [7, 11) is -2.89. The smallest absolute Gasteiger partial charge is 0.279 e. The molecule has 1 saturated heterocycles. The molecule has 4 heterocycles. The number of carbonyl (C=O) groups excluding carboxylic acids is 1. The van der Waals surface area contributed by atoms with Gasteiger partial charge in [0.15, 0.2) is 13.9 Å². The van der Waals surface area contributed by atoms with E-state index in [9.17, 15) is 19.5 Å². The molecule has 2 aliphatic rings. The lowest BCUT2D eigenvalue weighted by atomic mass is 9.82. The molecular weight excluding hydrogens is 752 g/mol. The van der Waals surface area contributed by atoms with Gasteiger partial charge in [0.05, 0.1) is 53.1 Å². The average Bonchev–Trinajstić information content (AvgIpc) is 3.88. The molecule has 272 valence electrons. The fourth-order valence-electron chi connectivity index (χ4n) is 8.59. The number of carbonyl (C=O) groups is 1. The molecular formula is C40H41BrN6O5Si. The van der Waals surface area contributed by atoms with Crippen molar-refractivity contribution in [3.05, 3.63) is 140 Å². The number of amides is 1. The van der Waals surface area contributed by atoms with Crippen LogP contribution in [0.5, 0.6) is 0 Å². The molecule has 0 bridgehead atoms. The van der Waals surface area contributed by atoms with E-state index >= 15 is 0 Å². The summed E-state index contributed by atoms with van der Waals surface area (Å²) in [5, 5.41) is 22.8. The molecule has 1 unspecified atom stereocenters. The lowest BCUT2D eigenvalue weighted by Gasteiger charge is -2.32. The number of hydrogen-bond acceptors (Lipinski definition) is 7. The van der Waals surface area contributed by atoms with Gasteiger partial charge in [-0.2, -0.15) is 0 Å². The number of nitrogens with zero attached hydrogens (tertiary/aromatic N) is 5. The van der Waals surface area contributed by atoms with Crippen molar-refractivity contribution in [3.8, 4) is 5.69 Å². The van der Waals surface area contributed by atoms with Crippen LogP contribution in [0.3, 0.4) is 0 Å². The first-order valence-corrected chi connectivity index (χ1v) is 21.7. The van der Waals surface area contributed by atoms with Crippen LogP contribution in [0.25, 0.3) is 16.6 Å². The second-order valence-corrected chi connectivity index (χ2v) is 19.6. The molecule has 2 aromatic heterocycles. The molecule has 2 aliphatic heterocycles. The van der Waals surface area contributed by atoms with Crippen LogP contribution in [-0.2, 0) is 28.2 Å². The number of aliphatic hydroxyl groups excluding tert-OH is 1. The molecule has 1 fully saturated rings. The SMILES string of the molecule is C[C@H]1[C@H]([Si](C)(C)O)[C@@H](CCn2cc(C(CO)c3ccccc3)nn2)O[C@]12C(=O)N(Cc1cccc(-n3[nH]c4ccccc4c3=O)c1)c1ccc(Br)cc12. The number of aromatic nitrogens is 5. The Balaban J connectivity index is 1.09. The highest BCUT2D eigenvalue weighted by Crippen LogP contribution is 2.60. The molecule has 0 radical (unpaired) electrons. The number of aryl methyl sites for hydroxylation is 1. The molecule has 11 nitrogen and oxygen atoms in total. The fraction of sp³-hybridized carbons (Fsp3) is 0.300. The first-order chi connectivity index (χ1) is 25.5. The van der Waals surface area contributed by atoms with Crippen LogP contribution in [0.15, 0.2) is 113 Å². The summed E-state index contributed by atoms with van der Waals surface area (Å²) in [6, 6.07) is 30.6. The molecule has 3 N–H and O–H groups in total. The molecule has 0 aliphatic carbocycles. The van der Waals surface area contributed by atoms with E-state index in [1.54, 1.807) is 15.6 Å². The lowest BCUT2D eigenvalue weighted by Crippen LogP contribution is -2.46. The fourth-order valence-corrected chi connectivity index (χ4v) is 11.6. The number of para-hydroxylation sites is 1. The number of nitrogens with one attached hydrogen (secondary N) is 1. The van der Waals surface area contributed by atoms with E-state index in [4.69, 9.17) is 4.74 Å². The van der Waals surface area contributed by atoms with Gasteiger partial charge in [-0.1, -0.05) is 82.7 Å². The van der Waals surface area contributed by atoms with E-state index in [1.807, 2.05) is 117 Å². The van der Waals surface area contributed by atoms with Gasteiger partial charge in [-0.05, 0) is 73.1 Å². The Kier molecular flexibility index (Phi) is 9.10. The Labute approximate surface area is 316 Å². The molecule has 8 rings (SSSR count). The van der Waals surface area contributed by atoms with Gasteiger partial charge >= 0.3 is 0 Å². The highest BCUT2D eigenvalue weighted by atomic mass is 79.9. The van der Waals surface area contributed by atoms with Crippen LogP contribution in [0.4, 0.5) is 5.69 Å². The summed E-state index contributed by atoms with van der Waals surface area (Å²) in [6.45, 7) is 6.49. The molecule has 0 saturated carbocycles. The zero-order chi connectivity index (χ0) is 37.1. The van der Waals surface area contributed by atoms with Crippen LogP contribution < -0.4 is 10.5 Å². The third-order valence-electron chi connectivity index (χ3n) is 11.0. The number of H-pyrrole nitrogens is 1. The predicted octanol–water partition coefficient (Wildman–Crippen LogP) is 6.23.